The first-order valence-electron chi connectivity index (χ1n) is 19.3. The molecule has 0 spiro atoms. The maximum absolute atomic E-state index is 12.3. The highest BCUT2D eigenvalue weighted by atomic mass is 16.5. The van der Waals surface area contributed by atoms with Gasteiger partial charge in [-0.1, -0.05) is 173 Å². The Morgan fingerprint density at radius 1 is 0.523 bits per heavy atom. The molecule has 0 rings (SSSR count). The largest absolute Gasteiger partial charge is 0.481 e. The molecular formula is C40H74O4. The summed E-state index contributed by atoms with van der Waals surface area (Å²) in [7, 11) is 0. The van der Waals surface area contributed by atoms with Crippen LogP contribution in [0.2, 0.25) is 0 Å². The van der Waals surface area contributed by atoms with Gasteiger partial charge >= 0.3 is 11.9 Å². The van der Waals surface area contributed by atoms with Crippen LogP contribution in [-0.4, -0.2) is 23.1 Å². The summed E-state index contributed by atoms with van der Waals surface area (Å²) >= 11 is 0. The Morgan fingerprint density at radius 2 is 0.909 bits per heavy atom. The first kappa shape index (κ1) is 42.4. The smallest absolute Gasteiger partial charge is 0.307 e. The minimum atomic E-state index is -0.883. The van der Waals surface area contributed by atoms with Gasteiger partial charge in [0.25, 0.3) is 0 Å². The molecule has 0 fully saturated rings. The lowest BCUT2D eigenvalue weighted by Crippen LogP contribution is -2.21. The van der Waals surface area contributed by atoms with Crippen LogP contribution in [0.25, 0.3) is 0 Å². The molecule has 4 nitrogen and oxygen atoms in total. The van der Waals surface area contributed by atoms with Crippen molar-refractivity contribution in [3.8, 4) is 0 Å². The molecule has 0 aromatic carbocycles. The fourth-order valence-corrected chi connectivity index (χ4v) is 5.82. The van der Waals surface area contributed by atoms with E-state index in [2.05, 4.69) is 38.2 Å². The third-order valence-electron chi connectivity index (χ3n) is 8.66. The van der Waals surface area contributed by atoms with Gasteiger partial charge < -0.3 is 9.84 Å². The van der Waals surface area contributed by atoms with Crippen molar-refractivity contribution in [2.45, 2.75) is 219 Å². The molecule has 1 atom stereocenters. The third kappa shape index (κ3) is 34.9. The molecule has 0 amide bonds. The van der Waals surface area contributed by atoms with Gasteiger partial charge in [0.2, 0.25) is 0 Å². The number of aliphatic carboxylic acids is 1. The average molecular weight is 619 g/mol. The minimum absolute atomic E-state index is 0.0766. The van der Waals surface area contributed by atoms with Gasteiger partial charge in [-0.25, -0.2) is 0 Å². The molecule has 0 aliphatic rings. The Balaban J connectivity index is 3.66. The van der Waals surface area contributed by atoms with Gasteiger partial charge in [-0.2, -0.15) is 0 Å². The number of ether oxygens (including phenoxy) is 1. The van der Waals surface area contributed by atoms with E-state index in [9.17, 15) is 14.7 Å². The zero-order valence-electron chi connectivity index (χ0n) is 29.5. The van der Waals surface area contributed by atoms with Crippen LogP contribution >= 0.6 is 0 Å². The molecule has 1 unspecified atom stereocenters. The summed E-state index contributed by atoms with van der Waals surface area (Å²) < 4.78 is 5.57. The fraction of sp³-hybridized carbons (Fsp3) is 0.850. The van der Waals surface area contributed by atoms with Gasteiger partial charge in [0.1, 0.15) is 6.10 Å². The zero-order chi connectivity index (χ0) is 32.2. The van der Waals surface area contributed by atoms with Crippen molar-refractivity contribution in [1.29, 1.82) is 0 Å². The van der Waals surface area contributed by atoms with E-state index in [1.807, 2.05) is 0 Å². The van der Waals surface area contributed by atoms with E-state index in [0.717, 1.165) is 44.9 Å². The summed E-state index contributed by atoms with van der Waals surface area (Å²) in [5.41, 5.74) is 0. The monoisotopic (exact) mass is 619 g/mol. The zero-order valence-corrected chi connectivity index (χ0v) is 29.5. The predicted molar refractivity (Wildman–Crippen MR) is 190 cm³/mol. The van der Waals surface area contributed by atoms with Crippen molar-refractivity contribution < 1.29 is 19.4 Å². The molecule has 0 radical (unpaired) electrons. The Kier molecular flexibility index (Phi) is 34.6. The SMILES string of the molecule is CCCCC/C=C\C/C=C\CCCCCCCC(=O)OC(CCCCCCCCCCCCCCCCCCC)CC(=O)O. The van der Waals surface area contributed by atoms with Gasteiger partial charge in [-0.15, -0.1) is 0 Å². The molecule has 0 aliphatic carbocycles. The number of unbranched alkanes of at least 4 members (excludes halogenated alkanes) is 24. The number of allylic oxidation sites excluding steroid dienone is 4. The van der Waals surface area contributed by atoms with E-state index in [1.54, 1.807) is 0 Å². The van der Waals surface area contributed by atoms with Crippen molar-refractivity contribution in [1.82, 2.24) is 0 Å². The van der Waals surface area contributed by atoms with Gasteiger partial charge in [0.05, 0.1) is 6.42 Å². The number of esters is 1. The second-order valence-electron chi connectivity index (χ2n) is 13.1. The van der Waals surface area contributed by atoms with Crippen LogP contribution in [0.15, 0.2) is 24.3 Å². The summed E-state index contributed by atoms with van der Waals surface area (Å²) in [5.74, 6) is -1.11. The number of hydrogen-bond acceptors (Lipinski definition) is 3. The molecule has 0 aromatic heterocycles. The van der Waals surface area contributed by atoms with Crippen LogP contribution in [0, 0.1) is 0 Å². The maximum Gasteiger partial charge on any atom is 0.307 e. The lowest BCUT2D eigenvalue weighted by Gasteiger charge is -2.16. The van der Waals surface area contributed by atoms with E-state index in [1.165, 1.54) is 135 Å². The Bertz CT molecular complexity index is 668. The van der Waals surface area contributed by atoms with Crippen LogP contribution in [0.1, 0.15) is 213 Å². The molecule has 4 heteroatoms. The number of carboxylic acids is 1. The highest BCUT2D eigenvalue weighted by Gasteiger charge is 2.17. The maximum atomic E-state index is 12.3. The van der Waals surface area contributed by atoms with E-state index in [0.29, 0.717) is 12.8 Å². The summed E-state index contributed by atoms with van der Waals surface area (Å²) in [6, 6.07) is 0. The lowest BCUT2D eigenvalue weighted by molar-refractivity contribution is -0.153. The van der Waals surface area contributed by atoms with Crippen LogP contribution in [0.5, 0.6) is 0 Å². The summed E-state index contributed by atoms with van der Waals surface area (Å²) in [4.78, 5) is 23.6. The highest BCUT2D eigenvalue weighted by Crippen LogP contribution is 2.17. The molecule has 0 saturated heterocycles. The lowest BCUT2D eigenvalue weighted by atomic mass is 10.0. The molecule has 0 aliphatic heterocycles. The second kappa shape index (κ2) is 35.9. The molecule has 258 valence electrons. The van der Waals surface area contributed by atoms with E-state index in [4.69, 9.17) is 4.74 Å². The Morgan fingerprint density at radius 3 is 1.39 bits per heavy atom. The third-order valence-corrected chi connectivity index (χ3v) is 8.66. The van der Waals surface area contributed by atoms with Crippen LogP contribution < -0.4 is 0 Å². The molecule has 0 heterocycles. The quantitative estimate of drug-likeness (QED) is 0.0436. The fourth-order valence-electron chi connectivity index (χ4n) is 5.82. The molecule has 0 saturated carbocycles. The standard InChI is InChI=1S/C40H74O4/c1-3-5-7-9-11-13-15-17-19-20-22-23-25-27-29-31-33-35-38(37-39(41)42)44-40(43)36-34-32-30-28-26-24-21-18-16-14-12-10-8-6-4-2/h12,14,18,21,38H,3-11,13,15-17,19-20,22-37H2,1-2H3,(H,41,42)/b14-12-,21-18-. The van der Waals surface area contributed by atoms with Crippen LogP contribution in [-0.2, 0) is 14.3 Å². The van der Waals surface area contributed by atoms with Gasteiger partial charge in [-0.3, -0.25) is 9.59 Å². The van der Waals surface area contributed by atoms with E-state index in [-0.39, 0.29) is 12.4 Å². The van der Waals surface area contributed by atoms with Crippen molar-refractivity contribution in [2.75, 3.05) is 0 Å². The van der Waals surface area contributed by atoms with E-state index < -0.39 is 12.1 Å². The van der Waals surface area contributed by atoms with Gasteiger partial charge in [0.15, 0.2) is 0 Å². The first-order chi connectivity index (χ1) is 21.6. The van der Waals surface area contributed by atoms with Crippen molar-refractivity contribution in [3.63, 3.8) is 0 Å². The van der Waals surface area contributed by atoms with Gasteiger partial charge in [0, 0.05) is 6.42 Å². The average Bonchev–Trinajstić information content (AvgIpc) is 3.00. The second-order valence-corrected chi connectivity index (χ2v) is 13.1. The first-order valence-corrected chi connectivity index (χ1v) is 19.3. The van der Waals surface area contributed by atoms with Crippen LogP contribution in [0.3, 0.4) is 0 Å². The number of carboxylic acid groups (broad SMARTS) is 1. The Labute approximate surface area is 274 Å². The number of rotatable bonds is 35. The minimum Gasteiger partial charge on any atom is -0.481 e. The number of hydrogen-bond donors (Lipinski definition) is 1. The highest BCUT2D eigenvalue weighted by molar-refractivity contribution is 5.71. The van der Waals surface area contributed by atoms with Crippen LogP contribution in [0.4, 0.5) is 0 Å². The topological polar surface area (TPSA) is 63.6 Å². The molecule has 0 aromatic rings. The molecule has 44 heavy (non-hydrogen) atoms. The van der Waals surface area contributed by atoms with Gasteiger partial charge in [-0.05, 0) is 51.4 Å². The molecule has 1 N–H and O–H groups in total. The summed E-state index contributed by atoms with van der Waals surface area (Å²) in [6.45, 7) is 4.52. The normalized spacial score (nSPS) is 12.4. The summed E-state index contributed by atoms with van der Waals surface area (Å²) in [5, 5.41) is 9.26. The summed E-state index contributed by atoms with van der Waals surface area (Å²) in [6.07, 6.45) is 44.8. The molecular weight excluding hydrogens is 544 g/mol. The number of carbonyl (C=O) groups is 2. The van der Waals surface area contributed by atoms with Crippen molar-refractivity contribution in [2.24, 2.45) is 0 Å². The predicted octanol–water partition coefficient (Wildman–Crippen LogP) is 13.2. The molecule has 0 bridgehead atoms. The van der Waals surface area contributed by atoms with E-state index >= 15 is 0 Å². The number of carbonyl (C=O) groups excluding carboxylic acids is 1. The van der Waals surface area contributed by atoms with Crippen molar-refractivity contribution in [3.05, 3.63) is 24.3 Å². The van der Waals surface area contributed by atoms with Crippen molar-refractivity contribution >= 4 is 11.9 Å². The Hall–Kier alpha value is -1.58.